The Bertz CT molecular complexity index is 438. The van der Waals surface area contributed by atoms with Crippen molar-refractivity contribution < 1.29 is 0 Å². The number of hydrogen-bond acceptors (Lipinski definition) is 3. The summed E-state index contributed by atoms with van der Waals surface area (Å²) >= 11 is 5.29. The fraction of sp³-hybridized carbons (Fsp3) is 0.462. The van der Waals surface area contributed by atoms with Gasteiger partial charge in [0.25, 0.3) is 0 Å². The zero-order chi connectivity index (χ0) is 14.5. The Hall–Kier alpha value is -1.69. The predicted molar refractivity (Wildman–Crippen MR) is 82.0 cm³/mol. The molecule has 1 aromatic heterocycles. The van der Waals surface area contributed by atoms with Gasteiger partial charge in [-0.2, -0.15) is 0 Å². The van der Waals surface area contributed by atoms with Crippen molar-refractivity contribution in [2.75, 3.05) is 6.54 Å². The molecule has 1 heterocycles. The minimum Gasteiger partial charge on any atom is -0.370 e. The first-order chi connectivity index (χ1) is 8.79. The maximum absolute atomic E-state index is 7.61. The Labute approximate surface area is 119 Å². The molecule has 5 nitrogen and oxygen atoms in total. The van der Waals surface area contributed by atoms with Gasteiger partial charge in [0.1, 0.15) is 0 Å². The fourth-order valence-electron chi connectivity index (χ4n) is 1.49. The van der Waals surface area contributed by atoms with Crippen LogP contribution in [0.5, 0.6) is 0 Å². The Balaban J connectivity index is 2.64. The van der Waals surface area contributed by atoms with Crippen LogP contribution in [0.25, 0.3) is 0 Å². The predicted octanol–water partition coefficient (Wildman–Crippen LogP) is 1.49. The number of rotatable bonds is 3. The molecule has 0 aromatic carbocycles. The Morgan fingerprint density at radius 1 is 1.47 bits per heavy atom. The number of pyridine rings is 1. The Morgan fingerprint density at radius 3 is 2.63 bits per heavy atom. The summed E-state index contributed by atoms with van der Waals surface area (Å²) in [7, 11) is 0. The van der Waals surface area contributed by atoms with Gasteiger partial charge in [0.2, 0.25) is 0 Å². The smallest absolute Gasteiger partial charge is 0.194 e. The van der Waals surface area contributed by atoms with Crippen LogP contribution in [0.15, 0.2) is 24.4 Å². The lowest BCUT2D eigenvalue weighted by Gasteiger charge is -2.29. The molecule has 0 fully saturated rings. The highest BCUT2D eigenvalue weighted by atomic mass is 32.1. The summed E-state index contributed by atoms with van der Waals surface area (Å²) in [5.74, 6) is -0.0577. The number of nitrogens with one attached hydrogen (secondary N) is 2. The first kappa shape index (κ1) is 15.4. The number of aromatic nitrogens is 1. The number of hydrogen-bond donors (Lipinski definition) is 3. The van der Waals surface area contributed by atoms with E-state index in [2.05, 4.69) is 10.3 Å². The molecule has 4 N–H and O–H groups in total. The molecule has 0 saturated heterocycles. The van der Waals surface area contributed by atoms with Crippen molar-refractivity contribution in [3.63, 3.8) is 0 Å². The number of guanidine groups is 1. The Morgan fingerprint density at radius 2 is 2.16 bits per heavy atom. The molecular formula is C13H21N5S. The summed E-state index contributed by atoms with van der Waals surface area (Å²) in [6.45, 7) is 6.57. The average molecular weight is 279 g/mol. The molecule has 19 heavy (non-hydrogen) atoms. The maximum atomic E-state index is 7.61. The molecule has 1 aromatic rings. The lowest BCUT2D eigenvalue weighted by atomic mass is 10.1. The van der Waals surface area contributed by atoms with Crippen molar-refractivity contribution in [1.82, 2.24) is 15.2 Å². The summed E-state index contributed by atoms with van der Waals surface area (Å²) in [6.07, 6.45) is 2.44. The monoisotopic (exact) mass is 279 g/mol. The summed E-state index contributed by atoms with van der Waals surface area (Å²) < 4.78 is 0. The lowest BCUT2D eigenvalue weighted by Crippen LogP contribution is -2.52. The van der Waals surface area contributed by atoms with Gasteiger partial charge in [-0.25, -0.2) is 0 Å². The molecule has 0 bridgehead atoms. The molecule has 1 rings (SSSR count). The molecule has 0 aliphatic heterocycles. The van der Waals surface area contributed by atoms with Gasteiger partial charge in [0, 0.05) is 30.4 Å². The summed E-state index contributed by atoms with van der Waals surface area (Å²) in [6, 6.07) is 5.75. The molecule has 0 aliphatic rings. The zero-order valence-electron chi connectivity index (χ0n) is 11.6. The van der Waals surface area contributed by atoms with Crippen molar-refractivity contribution in [2.24, 2.45) is 5.73 Å². The second kappa shape index (κ2) is 6.47. The van der Waals surface area contributed by atoms with Crippen LogP contribution in [0.3, 0.4) is 0 Å². The highest BCUT2D eigenvalue weighted by molar-refractivity contribution is 7.80. The molecule has 0 atom stereocenters. The maximum Gasteiger partial charge on any atom is 0.194 e. The highest BCUT2D eigenvalue weighted by Crippen LogP contribution is 2.03. The second-order valence-corrected chi connectivity index (χ2v) is 5.67. The quantitative estimate of drug-likeness (QED) is 0.444. The van der Waals surface area contributed by atoms with Crippen LogP contribution in [0.1, 0.15) is 26.5 Å². The van der Waals surface area contributed by atoms with E-state index in [4.69, 9.17) is 23.4 Å². The van der Waals surface area contributed by atoms with Crippen LogP contribution in [0.4, 0.5) is 0 Å². The normalized spacial score (nSPS) is 10.9. The van der Waals surface area contributed by atoms with E-state index in [9.17, 15) is 0 Å². The SMILES string of the molecule is CC(C)(C)NC(=S)N(CCc1ccccn1)C(=N)N. The van der Waals surface area contributed by atoms with Gasteiger partial charge in [0.05, 0.1) is 0 Å². The van der Waals surface area contributed by atoms with E-state index in [0.717, 1.165) is 5.69 Å². The molecule has 0 saturated carbocycles. The van der Waals surface area contributed by atoms with Crippen molar-refractivity contribution >= 4 is 23.3 Å². The molecule has 0 radical (unpaired) electrons. The molecule has 0 aliphatic carbocycles. The number of thiocarbonyl (C=S) groups is 1. The van der Waals surface area contributed by atoms with E-state index in [1.165, 1.54) is 0 Å². The summed E-state index contributed by atoms with van der Waals surface area (Å²) in [5, 5.41) is 11.2. The van der Waals surface area contributed by atoms with Crippen LogP contribution in [-0.2, 0) is 6.42 Å². The Kier molecular flexibility index (Phi) is 5.23. The molecule has 0 spiro atoms. The van der Waals surface area contributed by atoms with Crippen LogP contribution in [-0.4, -0.2) is 33.0 Å². The van der Waals surface area contributed by atoms with Crippen LogP contribution in [0, 0.1) is 5.41 Å². The summed E-state index contributed by atoms with van der Waals surface area (Å²) in [5.41, 5.74) is 6.38. The topological polar surface area (TPSA) is 78.0 Å². The minimum absolute atomic E-state index is 0.0577. The fourth-order valence-corrected chi connectivity index (χ4v) is 1.99. The zero-order valence-corrected chi connectivity index (χ0v) is 12.4. The van der Waals surface area contributed by atoms with E-state index < -0.39 is 0 Å². The number of nitrogens with two attached hydrogens (primary N) is 1. The van der Waals surface area contributed by atoms with Crippen molar-refractivity contribution in [3.05, 3.63) is 30.1 Å². The third-order valence-corrected chi connectivity index (χ3v) is 2.66. The van der Waals surface area contributed by atoms with Gasteiger partial charge < -0.3 is 11.1 Å². The highest BCUT2D eigenvalue weighted by Gasteiger charge is 2.18. The number of nitrogens with zero attached hydrogens (tertiary/aromatic N) is 2. The van der Waals surface area contributed by atoms with E-state index in [-0.39, 0.29) is 11.5 Å². The van der Waals surface area contributed by atoms with Crippen LogP contribution in [0.2, 0.25) is 0 Å². The van der Waals surface area contributed by atoms with Crippen LogP contribution >= 0.6 is 12.2 Å². The van der Waals surface area contributed by atoms with Crippen molar-refractivity contribution in [1.29, 1.82) is 5.41 Å². The summed E-state index contributed by atoms with van der Waals surface area (Å²) in [4.78, 5) is 5.82. The van der Waals surface area contributed by atoms with Gasteiger partial charge in [-0.15, -0.1) is 0 Å². The van der Waals surface area contributed by atoms with Gasteiger partial charge in [-0.05, 0) is 45.1 Å². The average Bonchev–Trinajstić information content (AvgIpc) is 2.27. The first-order valence-electron chi connectivity index (χ1n) is 6.13. The van der Waals surface area contributed by atoms with E-state index in [0.29, 0.717) is 18.1 Å². The van der Waals surface area contributed by atoms with Gasteiger partial charge in [-0.1, -0.05) is 6.07 Å². The lowest BCUT2D eigenvalue weighted by molar-refractivity contribution is 0.474. The third-order valence-electron chi connectivity index (χ3n) is 2.34. The first-order valence-corrected chi connectivity index (χ1v) is 6.54. The molecule has 104 valence electrons. The van der Waals surface area contributed by atoms with E-state index in [1.54, 1.807) is 11.1 Å². The van der Waals surface area contributed by atoms with E-state index >= 15 is 0 Å². The van der Waals surface area contributed by atoms with E-state index in [1.807, 2.05) is 39.0 Å². The third kappa shape index (κ3) is 5.65. The van der Waals surface area contributed by atoms with Gasteiger partial charge >= 0.3 is 0 Å². The molecule has 0 amide bonds. The second-order valence-electron chi connectivity index (χ2n) is 5.29. The van der Waals surface area contributed by atoms with Gasteiger partial charge in [0.15, 0.2) is 11.1 Å². The molecule has 6 heteroatoms. The van der Waals surface area contributed by atoms with Crippen molar-refractivity contribution in [3.8, 4) is 0 Å². The standard InChI is InChI=1S/C13H21N5S/c1-13(2,3)17-12(19)18(11(14)15)9-7-10-6-4-5-8-16-10/h4-6,8H,7,9H2,1-3H3,(H3,14,15)(H,17,19). The minimum atomic E-state index is -0.157. The van der Waals surface area contributed by atoms with Crippen molar-refractivity contribution in [2.45, 2.75) is 32.7 Å². The van der Waals surface area contributed by atoms with Crippen LogP contribution < -0.4 is 11.1 Å². The largest absolute Gasteiger partial charge is 0.370 e. The van der Waals surface area contributed by atoms with Gasteiger partial charge in [-0.3, -0.25) is 15.3 Å². The molecular weight excluding hydrogens is 258 g/mol. The molecule has 0 unspecified atom stereocenters.